The van der Waals surface area contributed by atoms with Gasteiger partial charge in [-0.25, -0.2) is 12.8 Å². The van der Waals surface area contributed by atoms with Crippen LogP contribution in [0.1, 0.15) is 61.5 Å². The lowest BCUT2D eigenvalue weighted by atomic mass is 10.0. The first-order valence-corrected chi connectivity index (χ1v) is 14.9. The minimum Gasteiger partial charge on any atom is -0.367 e. The Kier molecular flexibility index (Phi) is 8.27. The first-order chi connectivity index (χ1) is 19.2. The molecule has 3 aromatic rings. The Morgan fingerprint density at radius 2 is 1.90 bits per heavy atom. The first kappa shape index (κ1) is 27.9. The highest BCUT2D eigenvalue weighted by Gasteiger charge is 2.32. The molecule has 0 radical (unpaired) electrons. The van der Waals surface area contributed by atoms with E-state index in [1.165, 1.54) is 25.1 Å². The van der Waals surface area contributed by atoms with E-state index in [4.69, 9.17) is 9.26 Å². The quantitative estimate of drug-likeness (QED) is 0.381. The number of aromatic nitrogens is 2. The van der Waals surface area contributed by atoms with Gasteiger partial charge in [0.25, 0.3) is 5.89 Å². The maximum atomic E-state index is 13.2. The molecule has 1 saturated heterocycles. The lowest BCUT2D eigenvalue weighted by Gasteiger charge is -2.33. The molecule has 1 fully saturated rings. The molecular formula is C28H31FN4O6S. The van der Waals surface area contributed by atoms with Gasteiger partial charge in [0, 0.05) is 32.1 Å². The van der Waals surface area contributed by atoms with Gasteiger partial charge in [0.2, 0.25) is 11.8 Å². The molecule has 0 bridgehead atoms. The van der Waals surface area contributed by atoms with Gasteiger partial charge in [0.05, 0.1) is 23.3 Å². The molecule has 12 heteroatoms. The molecule has 212 valence electrons. The normalized spacial score (nSPS) is 17.2. The van der Waals surface area contributed by atoms with Gasteiger partial charge in [-0.2, -0.15) is 4.98 Å². The summed E-state index contributed by atoms with van der Waals surface area (Å²) >= 11 is 0. The van der Waals surface area contributed by atoms with Crippen molar-refractivity contribution in [2.45, 2.75) is 63.2 Å². The van der Waals surface area contributed by atoms with Crippen LogP contribution in [0.15, 0.2) is 51.9 Å². The summed E-state index contributed by atoms with van der Waals surface area (Å²) in [5, 5.41) is 4.06. The predicted molar refractivity (Wildman–Crippen MR) is 142 cm³/mol. The van der Waals surface area contributed by atoms with Gasteiger partial charge in [0.1, 0.15) is 12.4 Å². The zero-order valence-electron chi connectivity index (χ0n) is 22.2. The fourth-order valence-corrected chi connectivity index (χ4v) is 6.46. The van der Waals surface area contributed by atoms with Crippen molar-refractivity contribution in [1.82, 2.24) is 15.0 Å². The molecule has 2 aliphatic heterocycles. The van der Waals surface area contributed by atoms with E-state index in [1.54, 1.807) is 34.1 Å². The van der Waals surface area contributed by atoms with Crippen LogP contribution in [-0.2, 0) is 43.8 Å². The maximum Gasteiger partial charge on any atom is 0.252 e. The van der Waals surface area contributed by atoms with Crippen LogP contribution in [0.25, 0.3) is 0 Å². The molecule has 2 amide bonds. The second-order valence-corrected chi connectivity index (χ2v) is 12.2. The van der Waals surface area contributed by atoms with E-state index in [0.29, 0.717) is 31.8 Å². The number of amides is 2. The van der Waals surface area contributed by atoms with E-state index in [2.05, 4.69) is 10.1 Å². The van der Waals surface area contributed by atoms with Gasteiger partial charge in [-0.05, 0) is 67.1 Å². The van der Waals surface area contributed by atoms with Crippen molar-refractivity contribution in [2.24, 2.45) is 0 Å². The van der Waals surface area contributed by atoms with Gasteiger partial charge >= 0.3 is 0 Å². The second kappa shape index (κ2) is 11.8. The Morgan fingerprint density at radius 1 is 1.10 bits per heavy atom. The Labute approximate surface area is 232 Å². The zero-order valence-corrected chi connectivity index (χ0v) is 23.0. The maximum absolute atomic E-state index is 13.2. The van der Waals surface area contributed by atoms with Crippen LogP contribution in [0.2, 0.25) is 0 Å². The van der Waals surface area contributed by atoms with Crippen molar-refractivity contribution >= 4 is 27.3 Å². The number of ether oxygens (including phenoxy) is 1. The number of nitrogens with zero attached hydrogens (tertiary/aromatic N) is 4. The second-order valence-electron chi connectivity index (χ2n) is 10.0. The van der Waals surface area contributed by atoms with Gasteiger partial charge in [-0.15, -0.1) is 0 Å². The van der Waals surface area contributed by atoms with Crippen molar-refractivity contribution < 1.29 is 31.7 Å². The highest BCUT2D eigenvalue weighted by molar-refractivity contribution is 7.91. The van der Waals surface area contributed by atoms with Crippen LogP contribution in [0, 0.1) is 5.82 Å². The largest absolute Gasteiger partial charge is 0.367 e. The van der Waals surface area contributed by atoms with E-state index >= 15 is 0 Å². The molecule has 5 rings (SSSR count). The van der Waals surface area contributed by atoms with Gasteiger partial charge in [-0.1, -0.05) is 17.3 Å². The molecule has 0 N–H and O–H groups in total. The summed E-state index contributed by atoms with van der Waals surface area (Å²) in [7, 11) is -3.70. The van der Waals surface area contributed by atoms with Crippen molar-refractivity contribution in [3.05, 3.63) is 71.1 Å². The van der Waals surface area contributed by atoms with E-state index in [9.17, 15) is 22.4 Å². The SMILES string of the molecule is CC(=O)N1CCc2cc(S(=O)(=O)CCC(=O)N3CCCCC3c3noc(COCc4ccc(F)cc4)n3)ccc21. The number of piperidine rings is 1. The van der Waals surface area contributed by atoms with Gasteiger partial charge < -0.3 is 19.1 Å². The number of rotatable bonds is 9. The topological polar surface area (TPSA) is 123 Å². The average molecular weight is 571 g/mol. The number of carbonyl (C=O) groups excluding carboxylic acids is 2. The Bertz CT molecular complexity index is 1490. The molecule has 0 saturated carbocycles. The van der Waals surface area contributed by atoms with Gasteiger partial charge in [-0.3, -0.25) is 9.59 Å². The Balaban J connectivity index is 1.19. The third kappa shape index (κ3) is 6.23. The average Bonchev–Trinajstić information content (AvgIpc) is 3.60. The number of carbonyl (C=O) groups is 2. The van der Waals surface area contributed by atoms with Crippen molar-refractivity contribution in [2.75, 3.05) is 23.7 Å². The fraction of sp³-hybridized carbons (Fsp3) is 0.429. The number of fused-ring (bicyclic) bond motifs is 1. The molecule has 2 aliphatic rings. The van der Waals surface area contributed by atoms with Crippen molar-refractivity contribution in [1.29, 1.82) is 0 Å². The van der Waals surface area contributed by atoms with E-state index in [-0.39, 0.29) is 53.8 Å². The molecule has 0 spiro atoms. The molecule has 1 atom stereocenters. The minimum absolute atomic E-state index is 0.0637. The van der Waals surface area contributed by atoms with Crippen LogP contribution in [0.3, 0.4) is 0 Å². The van der Waals surface area contributed by atoms with Crippen LogP contribution in [0.4, 0.5) is 10.1 Å². The van der Waals surface area contributed by atoms with Crippen LogP contribution in [0.5, 0.6) is 0 Å². The molecule has 10 nitrogen and oxygen atoms in total. The summed E-state index contributed by atoms with van der Waals surface area (Å²) in [5.41, 5.74) is 2.35. The molecule has 1 aromatic heterocycles. The Hall–Kier alpha value is -3.64. The van der Waals surface area contributed by atoms with Gasteiger partial charge in [0.15, 0.2) is 15.7 Å². The van der Waals surface area contributed by atoms with Crippen LogP contribution in [-0.4, -0.2) is 54.1 Å². The third-order valence-corrected chi connectivity index (χ3v) is 9.00. The minimum atomic E-state index is -3.70. The number of hydrogen-bond donors (Lipinski definition) is 0. The smallest absolute Gasteiger partial charge is 0.252 e. The summed E-state index contributed by atoms with van der Waals surface area (Å²) in [6, 6.07) is 10.4. The zero-order chi connectivity index (χ0) is 28.3. The standard InChI is InChI=1S/C28H31FN4O6S/c1-19(34)32-14-11-21-16-23(9-10-24(21)32)40(36,37)15-12-27(35)33-13-3-2-4-25(33)28-30-26(39-31-28)18-38-17-20-5-7-22(29)8-6-20/h5-10,16,25H,2-4,11-15,17-18H2,1H3. The molecule has 2 aromatic carbocycles. The number of likely N-dealkylation sites (tertiary alicyclic amines) is 1. The highest BCUT2D eigenvalue weighted by Crippen LogP contribution is 2.32. The monoisotopic (exact) mass is 570 g/mol. The van der Waals surface area contributed by atoms with Crippen molar-refractivity contribution in [3.63, 3.8) is 0 Å². The lowest BCUT2D eigenvalue weighted by Crippen LogP contribution is -2.39. The summed E-state index contributed by atoms with van der Waals surface area (Å²) in [6.45, 7) is 2.81. The Morgan fingerprint density at radius 3 is 2.67 bits per heavy atom. The predicted octanol–water partition coefficient (Wildman–Crippen LogP) is 3.75. The van der Waals surface area contributed by atoms with Crippen LogP contribution >= 0.6 is 0 Å². The molecule has 0 aliphatic carbocycles. The third-order valence-electron chi connectivity index (χ3n) is 7.28. The molecular weight excluding hydrogens is 539 g/mol. The van der Waals surface area contributed by atoms with Crippen molar-refractivity contribution in [3.8, 4) is 0 Å². The summed E-state index contributed by atoms with van der Waals surface area (Å²) in [6.07, 6.45) is 2.75. The molecule has 40 heavy (non-hydrogen) atoms. The summed E-state index contributed by atoms with van der Waals surface area (Å²) in [5.74, 6) is -0.375. The summed E-state index contributed by atoms with van der Waals surface area (Å²) < 4.78 is 50.2. The number of sulfone groups is 1. The number of anilines is 1. The molecule has 3 heterocycles. The van der Waals surface area contributed by atoms with Crippen LogP contribution < -0.4 is 4.90 Å². The number of hydrogen-bond acceptors (Lipinski definition) is 8. The van der Waals surface area contributed by atoms with E-state index in [1.807, 2.05) is 0 Å². The first-order valence-electron chi connectivity index (χ1n) is 13.3. The number of benzene rings is 2. The van der Waals surface area contributed by atoms with E-state index in [0.717, 1.165) is 29.7 Å². The van der Waals surface area contributed by atoms with E-state index < -0.39 is 15.9 Å². The molecule has 1 unspecified atom stereocenters. The summed E-state index contributed by atoms with van der Waals surface area (Å²) in [4.78, 5) is 32.8. The lowest BCUT2D eigenvalue weighted by molar-refractivity contribution is -0.134. The highest BCUT2D eigenvalue weighted by atomic mass is 32.2. The number of halogens is 1. The fourth-order valence-electron chi connectivity index (χ4n) is 5.18.